The Kier molecular flexibility index (Phi) is 9.67. The summed E-state index contributed by atoms with van der Waals surface area (Å²) in [6.07, 6.45) is 10.00. The van der Waals surface area contributed by atoms with Crippen molar-refractivity contribution in [1.82, 2.24) is 10.2 Å². The molecule has 1 N–H and O–H groups in total. The highest BCUT2D eigenvalue weighted by Gasteiger charge is 2.27. The summed E-state index contributed by atoms with van der Waals surface area (Å²) in [6, 6.07) is 13.4. The first-order chi connectivity index (χ1) is 18.0. The number of nitrogens with one attached hydrogen (secondary N) is 1. The van der Waals surface area contributed by atoms with E-state index in [0.717, 1.165) is 63.7 Å². The largest absolute Gasteiger partial charge is 0.490 e. The van der Waals surface area contributed by atoms with Crippen molar-refractivity contribution >= 4 is 11.4 Å². The number of likely N-dealkylation sites (tertiary alicyclic amines) is 1. The number of hydrogen-bond acceptors (Lipinski definition) is 8. The Morgan fingerprint density at radius 3 is 1.54 bits per heavy atom. The van der Waals surface area contributed by atoms with Gasteiger partial charge < -0.3 is 19.7 Å². The van der Waals surface area contributed by atoms with Gasteiger partial charge in [0.05, 0.1) is 9.85 Å². The third-order valence-corrected chi connectivity index (χ3v) is 7.30. The van der Waals surface area contributed by atoms with Crippen LogP contribution in [0.2, 0.25) is 0 Å². The van der Waals surface area contributed by atoms with Crippen LogP contribution in [0.3, 0.4) is 0 Å². The van der Waals surface area contributed by atoms with Gasteiger partial charge in [0.2, 0.25) is 0 Å². The van der Waals surface area contributed by atoms with Crippen LogP contribution < -0.4 is 14.8 Å². The first-order valence-electron chi connectivity index (χ1n) is 13.2. The molecule has 0 bridgehead atoms. The van der Waals surface area contributed by atoms with Gasteiger partial charge in [-0.1, -0.05) is 12.8 Å². The van der Waals surface area contributed by atoms with E-state index >= 15 is 0 Å². The lowest BCUT2D eigenvalue weighted by atomic mass is 10.0. The zero-order chi connectivity index (χ0) is 26.0. The van der Waals surface area contributed by atoms with Gasteiger partial charge in [-0.3, -0.25) is 20.2 Å². The van der Waals surface area contributed by atoms with Crippen molar-refractivity contribution in [3.05, 3.63) is 68.8 Å². The summed E-state index contributed by atoms with van der Waals surface area (Å²) >= 11 is 0. The Morgan fingerprint density at radius 2 is 1.11 bits per heavy atom. The molecule has 2 saturated heterocycles. The standard InChI is InChI=1S/C16H22N2O3.C11H14N2O3/c19-18(20)14-5-7-15(8-6-14)21-16-9-11-17(12-10-16)13-3-1-2-4-13;14-13(15)9-1-3-10(4-2-9)16-11-5-7-12-8-6-11/h5-8,13,16H,1-4,9-12H2;1-4,11-12H,5-8H2. The molecule has 0 atom stereocenters. The molecule has 0 aromatic heterocycles. The third kappa shape index (κ3) is 8.13. The van der Waals surface area contributed by atoms with Crippen LogP contribution in [-0.2, 0) is 0 Å². The fourth-order valence-electron chi connectivity index (χ4n) is 5.22. The Labute approximate surface area is 217 Å². The van der Waals surface area contributed by atoms with E-state index < -0.39 is 4.92 Å². The van der Waals surface area contributed by atoms with E-state index in [1.165, 1.54) is 49.9 Å². The molecule has 37 heavy (non-hydrogen) atoms. The maximum absolute atomic E-state index is 10.6. The topological polar surface area (TPSA) is 120 Å². The van der Waals surface area contributed by atoms with E-state index in [4.69, 9.17) is 9.47 Å². The number of benzene rings is 2. The highest BCUT2D eigenvalue weighted by molar-refractivity contribution is 5.36. The molecule has 5 rings (SSSR count). The minimum Gasteiger partial charge on any atom is -0.490 e. The van der Waals surface area contributed by atoms with Crippen molar-refractivity contribution in [2.24, 2.45) is 0 Å². The van der Waals surface area contributed by atoms with Gasteiger partial charge in [0, 0.05) is 43.4 Å². The highest BCUT2D eigenvalue weighted by atomic mass is 16.6. The molecule has 2 aromatic rings. The van der Waals surface area contributed by atoms with Crippen molar-refractivity contribution in [2.45, 2.75) is 69.6 Å². The van der Waals surface area contributed by atoms with Gasteiger partial charge in [0.1, 0.15) is 23.7 Å². The lowest BCUT2D eigenvalue weighted by molar-refractivity contribution is -0.385. The van der Waals surface area contributed by atoms with E-state index in [0.29, 0.717) is 5.75 Å². The van der Waals surface area contributed by atoms with Crippen molar-refractivity contribution in [1.29, 1.82) is 0 Å². The second-order valence-electron chi connectivity index (χ2n) is 9.86. The summed E-state index contributed by atoms with van der Waals surface area (Å²) in [6.45, 7) is 4.17. The number of rotatable bonds is 7. The molecule has 10 heteroatoms. The van der Waals surface area contributed by atoms with Crippen molar-refractivity contribution in [3.63, 3.8) is 0 Å². The van der Waals surface area contributed by atoms with Crippen molar-refractivity contribution < 1.29 is 19.3 Å². The number of nitro benzene ring substituents is 2. The number of nitro groups is 2. The Bertz CT molecular complexity index is 997. The molecule has 10 nitrogen and oxygen atoms in total. The van der Waals surface area contributed by atoms with Crippen LogP contribution in [0.25, 0.3) is 0 Å². The molecular weight excluding hydrogens is 476 g/mol. The summed E-state index contributed by atoms with van der Waals surface area (Å²) < 4.78 is 11.7. The zero-order valence-corrected chi connectivity index (χ0v) is 21.1. The summed E-state index contributed by atoms with van der Waals surface area (Å²) in [5.74, 6) is 1.44. The van der Waals surface area contributed by atoms with Gasteiger partial charge in [-0.05, 0) is 75.9 Å². The van der Waals surface area contributed by atoms with Crippen LogP contribution in [0.4, 0.5) is 11.4 Å². The summed E-state index contributed by atoms with van der Waals surface area (Å²) in [4.78, 5) is 22.9. The normalized spacial score (nSPS) is 19.6. The molecular formula is C27H36N4O6. The average Bonchev–Trinajstić information content (AvgIpc) is 3.46. The fourth-order valence-corrected chi connectivity index (χ4v) is 5.22. The molecule has 0 spiro atoms. The molecule has 3 fully saturated rings. The van der Waals surface area contributed by atoms with Crippen molar-refractivity contribution in [2.75, 3.05) is 26.2 Å². The van der Waals surface area contributed by atoms with Crippen molar-refractivity contribution in [3.8, 4) is 11.5 Å². The van der Waals surface area contributed by atoms with E-state index in [-0.39, 0.29) is 28.5 Å². The second-order valence-corrected chi connectivity index (χ2v) is 9.86. The van der Waals surface area contributed by atoms with Crippen LogP contribution in [0, 0.1) is 20.2 Å². The lowest BCUT2D eigenvalue weighted by Gasteiger charge is -2.36. The Morgan fingerprint density at radius 1 is 0.676 bits per heavy atom. The molecule has 0 unspecified atom stereocenters. The number of piperidine rings is 2. The van der Waals surface area contributed by atoms with Crippen LogP contribution in [-0.4, -0.2) is 59.2 Å². The monoisotopic (exact) mass is 512 g/mol. The maximum atomic E-state index is 10.6. The first kappa shape index (κ1) is 26.8. The van der Waals surface area contributed by atoms with Crippen LogP contribution in [0.15, 0.2) is 48.5 Å². The number of nitrogens with zero attached hydrogens (tertiary/aromatic N) is 3. The van der Waals surface area contributed by atoms with Gasteiger partial charge in [-0.25, -0.2) is 0 Å². The van der Waals surface area contributed by atoms with Gasteiger partial charge in [0.15, 0.2) is 0 Å². The SMILES string of the molecule is O=[N+]([O-])c1ccc(OC2CCN(C3CCCC3)CC2)cc1.O=[N+]([O-])c1ccc(OC2CCNCC2)cc1. The highest BCUT2D eigenvalue weighted by Crippen LogP contribution is 2.28. The van der Waals surface area contributed by atoms with E-state index in [2.05, 4.69) is 10.2 Å². The number of ether oxygens (including phenoxy) is 2. The average molecular weight is 513 g/mol. The molecule has 2 heterocycles. The molecule has 2 aliphatic heterocycles. The fraction of sp³-hybridized carbons (Fsp3) is 0.556. The van der Waals surface area contributed by atoms with Crippen LogP contribution in [0.1, 0.15) is 51.4 Å². The lowest BCUT2D eigenvalue weighted by Crippen LogP contribution is -2.43. The summed E-state index contributed by atoms with van der Waals surface area (Å²) in [7, 11) is 0. The minimum atomic E-state index is -0.408. The van der Waals surface area contributed by atoms with Crippen LogP contribution >= 0.6 is 0 Å². The quantitative estimate of drug-likeness (QED) is 0.402. The number of hydrogen-bond donors (Lipinski definition) is 1. The second kappa shape index (κ2) is 13.3. The Balaban J connectivity index is 0.000000180. The Hall–Kier alpha value is -3.24. The summed E-state index contributed by atoms with van der Waals surface area (Å²) in [5, 5.41) is 24.3. The smallest absolute Gasteiger partial charge is 0.269 e. The summed E-state index contributed by atoms with van der Waals surface area (Å²) in [5.41, 5.74) is 0.205. The van der Waals surface area contributed by atoms with E-state index in [1.807, 2.05) is 0 Å². The van der Waals surface area contributed by atoms with Gasteiger partial charge >= 0.3 is 0 Å². The predicted octanol–water partition coefficient (Wildman–Crippen LogP) is 5.11. The molecule has 0 radical (unpaired) electrons. The van der Waals surface area contributed by atoms with Crippen LogP contribution in [0.5, 0.6) is 11.5 Å². The van der Waals surface area contributed by atoms with E-state index in [9.17, 15) is 20.2 Å². The number of non-ortho nitro benzene ring substituents is 2. The molecule has 1 aliphatic carbocycles. The predicted molar refractivity (Wildman–Crippen MR) is 140 cm³/mol. The molecule has 0 amide bonds. The molecule has 2 aromatic carbocycles. The maximum Gasteiger partial charge on any atom is 0.269 e. The van der Waals surface area contributed by atoms with Gasteiger partial charge in [-0.2, -0.15) is 0 Å². The van der Waals surface area contributed by atoms with Gasteiger partial charge in [0.25, 0.3) is 11.4 Å². The van der Waals surface area contributed by atoms with Gasteiger partial charge in [-0.15, -0.1) is 0 Å². The van der Waals surface area contributed by atoms with E-state index in [1.54, 1.807) is 24.3 Å². The third-order valence-electron chi connectivity index (χ3n) is 7.30. The molecule has 200 valence electrons. The zero-order valence-electron chi connectivity index (χ0n) is 21.1. The minimum absolute atomic E-state index is 0.0951. The molecule has 3 aliphatic rings. The first-order valence-corrected chi connectivity index (χ1v) is 13.2. The molecule has 1 saturated carbocycles.